The number of benzene rings is 2. The summed E-state index contributed by atoms with van der Waals surface area (Å²) in [5.41, 5.74) is 10.7. The molecule has 0 heterocycles. The summed E-state index contributed by atoms with van der Waals surface area (Å²) < 4.78 is 66.7. The van der Waals surface area contributed by atoms with Gasteiger partial charge in [0.1, 0.15) is 13.2 Å². The summed E-state index contributed by atoms with van der Waals surface area (Å²) >= 11 is 7.39. The van der Waals surface area contributed by atoms with E-state index in [4.69, 9.17) is 9.47 Å². The molecule has 0 N–H and O–H groups in total. The second kappa shape index (κ2) is 31.3. The van der Waals surface area contributed by atoms with E-state index in [0.717, 1.165) is 52.7 Å². The molecule has 2 unspecified atom stereocenters. The molecule has 2 aromatic rings. The Kier molecular flexibility index (Phi) is 28.7. The Morgan fingerprint density at radius 3 is 1.60 bits per heavy atom. The zero-order valence-electron chi connectivity index (χ0n) is 45.1. The third kappa shape index (κ3) is 23.1. The molecule has 2 atom stereocenters. The predicted molar refractivity (Wildman–Crippen MR) is 323 cm³/mol. The molecule has 0 aromatic heterocycles. The first kappa shape index (κ1) is 66.1. The quantitative estimate of drug-likeness (QED) is 0.0626. The Bertz CT molecular complexity index is 2630. The van der Waals surface area contributed by atoms with Gasteiger partial charge in [0.15, 0.2) is 19.7 Å². The average molecular weight is 1400 g/mol. The molecule has 0 aliphatic heterocycles. The monoisotopic (exact) mass is 1400 g/mol. The summed E-state index contributed by atoms with van der Waals surface area (Å²) in [6.45, 7) is 27.9. The van der Waals surface area contributed by atoms with E-state index < -0.39 is 36.1 Å². The number of aryl methyl sites for hydroxylation is 2. The Hall–Kier alpha value is -2.03. The van der Waals surface area contributed by atoms with Crippen molar-refractivity contribution >= 4 is 91.5 Å². The van der Waals surface area contributed by atoms with Crippen LogP contribution in [0.15, 0.2) is 152 Å². The SMILES string of the molecule is CC(=O)OCC=C(C)C=CC=C(C)/C=C/C1=C(C)CCCC1(C)C.CC(=O)OCC=C(C)CC(C=C(C)CC(C1=C(C)CCCC1(C)C)S(=O)(=O)c1ccc(C)cc1)S(=O)(=O)c1ccc(C)cc1.[I][V]([I])[I]. The molecular formula is C58H80I3O8S2V. The Labute approximate surface area is 472 Å². The van der Waals surface area contributed by atoms with E-state index in [1.807, 2.05) is 71.9 Å². The van der Waals surface area contributed by atoms with Gasteiger partial charge in [-0.1, -0.05) is 133 Å². The first-order chi connectivity index (χ1) is 33.4. The molecule has 0 spiro atoms. The van der Waals surface area contributed by atoms with E-state index in [-0.39, 0.29) is 51.0 Å². The molecular weight excluding hydrogens is 1320 g/mol. The predicted octanol–water partition coefficient (Wildman–Crippen LogP) is 16.8. The van der Waals surface area contributed by atoms with Crippen LogP contribution in [0, 0.1) is 24.7 Å². The third-order valence-corrected chi connectivity index (χ3v) is 17.1. The molecule has 0 saturated carbocycles. The van der Waals surface area contributed by atoms with E-state index in [2.05, 4.69) is 120 Å². The molecule has 0 saturated heterocycles. The van der Waals surface area contributed by atoms with Crippen molar-refractivity contribution in [1.29, 1.82) is 0 Å². The molecule has 0 radical (unpaired) electrons. The van der Waals surface area contributed by atoms with Crippen molar-refractivity contribution in [2.24, 2.45) is 10.8 Å². The van der Waals surface area contributed by atoms with Gasteiger partial charge in [-0.25, -0.2) is 16.8 Å². The molecule has 0 bridgehead atoms. The van der Waals surface area contributed by atoms with Crippen LogP contribution in [0.25, 0.3) is 0 Å². The summed E-state index contributed by atoms with van der Waals surface area (Å²) in [4.78, 5) is 22.2. The summed E-state index contributed by atoms with van der Waals surface area (Å²) in [5, 5.41) is -1.75. The summed E-state index contributed by atoms with van der Waals surface area (Å²) in [5.74, 6) is -0.663. The van der Waals surface area contributed by atoms with Crippen LogP contribution in [0.2, 0.25) is 0 Å². The third-order valence-electron chi connectivity index (χ3n) is 13.0. The van der Waals surface area contributed by atoms with Crippen LogP contribution in [-0.4, -0.2) is 52.5 Å². The second-order valence-electron chi connectivity index (χ2n) is 20.4. The zero-order valence-corrected chi connectivity index (χ0v) is 54.6. The Morgan fingerprint density at radius 1 is 0.639 bits per heavy atom. The van der Waals surface area contributed by atoms with Crippen LogP contribution in [0.5, 0.6) is 0 Å². The summed E-state index contributed by atoms with van der Waals surface area (Å²) in [7, 11) is -7.62. The Morgan fingerprint density at radius 2 is 1.11 bits per heavy atom. The van der Waals surface area contributed by atoms with Crippen molar-refractivity contribution in [3.05, 3.63) is 153 Å². The molecule has 0 fully saturated rings. The number of hydrogen-bond donors (Lipinski definition) is 0. The number of halogens is 3. The fourth-order valence-corrected chi connectivity index (χ4v) is 13.1. The molecule has 2 aliphatic carbocycles. The van der Waals surface area contributed by atoms with Crippen LogP contribution in [-0.2, 0) is 43.7 Å². The number of ether oxygens (including phenoxy) is 2. The Balaban J connectivity index is 0.000000532. The van der Waals surface area contributed by atoms with Crippen molar-refractivity contribution in [2.45, 2.75) is 169 Å². The maximum absolute atomic E-state index is 14.4. The fourth-order valence-electron chi connectivity index (χ4n) is 9.14. The number of carbonyl (C=O) groups is 2. The molecule has 398 valence electrons. The van der Waals surface area contributed by atoms with Crippen molar-refractivity contribution in [3.8, 4) is 0 Å². The maximum atomic E-state index is 14.4. The topological polar surface area (TPSA) is 121 Å². The van der Waals surface area contributed by atoms with Gasteiger partial charge in [-0.2, -0.15) is 0 Å². The van der Waals surface area contributed by atoms with Gasteiger partial charge in [0.05, 0.1) is 20.3 Å². The van der Waals surface area contributed by atoms with E-state index >= 15 is 0 Å². The van der Waals surface area contributed by atoms with Crippen LogP contribution in [0.3, 0.4) is 0 Å². The zero-order chi connectivity index (χ0) is 54.6. The molecule has 0 amide bonds. The van der Waals surface area contributed by atoms with Crippen molar-refractivity contribution in [2.75, 3.05) is 13.2 Å². The van der Waals surface area contributed by atoms with Crippen molar-refractivity contribution < 1.29 is 40.8 Å². The number of carbonyl (C=O) groups excluding carboxylic acids is 2. The van der Waals surface area contributed by atoms with Gasteiger partial charge in [-0.3, -0.25) is 9.59 Å². The normalized spacial score (nSPS) is 17.8. The number of hydrogen-bond acceptors (Lipinski definition) is 8. The van der Waals surface area contributed by atoms with Crippen LogP contribution < -0.4 is 0 Å². The minimum absolute atomic E-state index is 0.0561. The summed E-state index contributed by atoms with van der Waals surface area (Å²) in [6.07, 6.45) is 22.9. The summed E-state index contributed by atoms with van der Waals surface area (Å²) in [6, 6.07) is 13.7. The van der Waals surface area contributed by atoms with E-state index in [1.165, 1.54) is 49.8 Å². The van der Waals surface area contributed by atoms with E-state index in [0.29, 0.717) is 12.2 Å². The fraction of sp³-hybridized carbons (Fsp3) is 0.483. The van der Waals surface area contributed by atoms with Crippen LogP contribution in [0.1, 0.15) is 146 Å². The molecule has 8 nitrogen and oxygen atoms in total. The number of allylic oxidation sites excluding steroid dienone is 12. The standard InChI is InChI=1S/C36H48O6S2.C22H32O2.3HI.V/c1-25-11-15-31(16-12-25)43(38,39)33(22-27(3)19-21-42-30(6)37)23-28(4)24-34(35-29(5)10-9-20-36(35,7)8)44(40,41)32-17-13-26(2)14-18-32;1-17(9-7-10-18(2)14-16-24-20(4)23)12-13-21-19(3)11-8-15-22(21,5)6;;;;/h11-19,23,33-34H,9-10,20-22,24H2,1-8H3;7,9-10,12-14H,8,11,15-16H2,1-6H3;3*1H;/q;;;;;+3/p-3/b;10-7?,13-12+,17-9?,18-14?;;;;. The van der Waals surface area contributed by atoms with Crippen molar-refractivity contribution in [1.82, 2.24) is 0 Å². The molecule has 2 aromatic carbocycles. The first-order valence-corrected chi connectivity index (χ1v) is 41.1. The number of sulfone groups is 2. The van der Waals surface area contributed by atoms with E-state index in [1.54, 1.807) is 48.6 Å². The minimum atomic E-state index is -3.82. The van der Waals surface area contributed by atoms with Crippen molar-refractivity contribution in [3.63, 3.8) is 0 Å². The van der Waals surface area contributed by atoms with Gasteiger partial charge in [0.25, 0.3) is 0 Å². The van der Waals surface area contributed by atoms with Gasteiger partial charge < -0.3 is 9.47 Å². The molecule has 2 aliphatic rings. The number of rotatable bonds is 18. The molecule has 4 rings (SSSR count). The van der Waals surface area contributed by atoms with Gasteiger partial charge in [0.2, 0.25) is 0 Å². The number of esters is 2. The van der Waals surface area contributed by atoms with Gasteiger partial charge in [-0.05, 0) is 165 Å². The molecule has 72 heavy (non-hydrogen) atoms. The second-order valence-corrected chi connectivity index (χ2v) is 60.1. The van der Waals surface area contributed by atoms with Crippen LogP contribution >= 0.6 is 59.9 Å². The average Bonchev–Trinajstić information content (AvgIpc) is 3.25. The van der Waals surface area contributed by atoms with Gasteiger partial charge >= 0.3 is 76.8 Å². The van der Waals surface area contributed by atoms with Gasteiger partial charge in [-0.15, -0.1) is 0 Å². The first-order valence-electron chi connectivity index (χ1n) is 24.5. The van der Waals surface area contributed by atoms with Crippen LogP contribution in [0.4, 0.5) is 0 Å². The van der Waals surface area contributed by atoms with Gasteiger partial charge in [0, 0.05) is 13.8 Å². The van der Waals surface area contributed by atoms with E-state index in [9.17, 15) is 26.4 Å². The molecule has 14 heteroatoms.